The number of aliphatic hydroxyl groups is 2. The fraction of sp³-hybridized carbons (Fsp3) is 0.700. The second-order valence-corrected chi connectivity index (χ2v) is 7.28. The monoisotopic (exact) mass is 319 g/mol. The molecule has 0 fully saturated rings. The van der Waals surface area contributed by atoms with Gasteiger partial charge in [-0.1, -0.05) is 57.2 Å². The van der Waals surface area contributed by atoms with Gasteiger partial charge in [0.25, 0.3) is 0 Å². The minimum atomic E-state index is -0.863. The van der Waals surface area contributed by atoms with Crippen LogP contribution in [0.3, 0.4) is 0 Å². The molecule has 0 bridgehead atoms. The first-order valence-electron chi connectivity index (χ1n) is 9.24. The number of rotatable bonds is 10. The van der Waals surface area contributed by atoms with Gasteiger partial charge in [-0.3, -0.25) is 0 Å². The molecule has 1 aliphatic rings. The summed E-state index contributed by atoms with van der Waals surface area (Å²) in [5, 5.41) is 19.0. The zero-order valence-electron chi connectivity index (χ0n) is 14.6. The molecule has 0 saturated heterocycles. The van der Waals surface area contributed by atoms with Crippen LogP contribution in [0.5, 0.6) is 0 Å². The summed E-state index contributed by atoms with van der Waals surface area (Å²) in [6, 6.07) is 6.77. The second-order valence-electron chi connectivity index (χ2n) is 7.28. The lowest BCUT2D eigenvalue weighted by Gasteiger charge is -2.31. The summed E-state index contributed by atoms with van der Waals surface area (Å²) in [7, 11) is 0. The number of unbranched alkanes of at least 4 members (excludes halogenated alkanes) is 5. The van der Waals surface area contributed by atoms with Crippen molar-refractivity contribution in [1.29, 1.82) is 0 Å². The van der Waals surface area contributed by atoms with Gasteiger partial charge in [-0.25, -0.2) is 0 Å². The molecule has 3 nitrogen and oxygen atoms in total. The molecule has 0 aliphatic heterocycles. The Morgan fingerprint density at radius 1 is 1.00 bits per heavy atom. The molecule has 0 amide bonds. The van der Waals surface area contributed by atoms with Crippen LogP contribution in [-0.2, 0) is 19.3 Å². The van der Waals surface area contributed by atoms with Crippen molar-refractivity contribution in [2.75, 3.05) is 13.2 Å². The van der Waals surface area contributed by atoms with E-state index in [0.29, 0.717) is 0 Å². The van der Waals surface area contributed by atoms with Crippen LogP contribution in [-0.4, -0.2) is 29.0 Å². The Morgan fingerprint density at radius 2 is 1.65 bits per heavy atom. The maximum absolute atomic E-state index is 9.50. The van der Waals surface area contributed by atoms with E-state index >= 15 is 0 Å². The quantitative estimate of drug-likeness (QED) is 0.581. The standard InChI is InChI=1S/C20H33NO2/c1-2-3-4-5-6-7-8-16-9-10-17-12-19(13-18(17)11-16)20(21,14-22)15-23/h9-11,19,22-23H,2-8,12-15,21H2,1H3/t19-/m1/s1. The molecule has 130 valence electrons. The topological polar surface area (TPSA) is 66.5 Å². The lowest BCUT2D eigenvalue weighted by molar-refractivity contribution is 0.0783. The highest BCUT2D eigenvalue weighted by molar-refractivity contribution is 5.37. The lowest BCUT2D eigenvalue weighted by atomic mass is 9.84. The third kappa shape index (κ3) is 4.79. The number of aryl methyl sites for hydroxylation is 1. The van der Waals surface area contributed by atoms with Gasteiger partial charge in [0, 0.05) is 0 Å². The normalized spacial score (nSPS) is 17.5. The van der Waals surface area contributed by atoms with Crippen LogP contribution >= 0.6 is 0 Å². The molecule has 0 aromatic heterocycles. The van der Waals surface area contributed by atoms with E-state index in [1.165, 1.54) is 55.2 Å². The van der Waals surface area contributed by atoms with Crippen LogP contribution in [0.1, 0.15) is 62.1 Å². The highest BCUT2D eigenvalue weighted by Crippen LogP contribution is 2.33. The smallest absolute Gasteiger partial charge is 0.0658 e. The Hall–Kier alpha value is -0.900. The predicted molar refractivity (Wildman–Crippen MR) is 95.5 cm³/mol. The minimum absolute atomic E-state index is 0.136. The summed E-state index contributed by atoms with van der Waals surface area (Å²) in [6.07, 6.45) is 10.8. The Balaban J connectivity index is 1.85. The van der Waals surface area contributed by atoms with Gasteiger partial charge >= 0.3 is 0 Å². The third-order valence-electron chi connectivity index (χ3n) is 5.42. The predicted octanol–water partition coefficient (Wildman–Crippen LogP) is 2.99. The first kappa shape index (κ1) is 18.4. The van der Waals surface area contributed by atoms with Gasteiger partial charge in [0.05, 0.1) is 18.8 Å². The van der Waals surface area contributed by atoms with Crippen molar-refractivity contribution < 1.29 is 10.2 Å². The Bertz CT molecular complexity index is 483. The number of nitrogens with two attached hydrogens (primary N) is 1. The van der Waals surface area contributed by atoms with Crippen LogP contribution in [0, 0.1) is 5.92 Å². The fourth-order valence-corrected chi connectivity index (χ4v) is 3.65. The molecule has 3 heteroatoms. The van der Waals surface area contributed by atoms with Crippen molar-refractivity contribution in [3.8, 4) is 0 Å². The van der Waals surface area contributed by atoms with Crippen LogP contribution in [0.4, 0.5) is 0 Å². The van der Waals surface area contributed by atoms with E-state index in [1.54, 1.807) is 0 Å². The molecule has 1 aliphatic carbocycles. The summed E-state index contributed by atoms with van der Waals surface area (Å²) in [4.78, 5) is 0. The number of hydrogen-bond donors (Lipinski definition) is 3. The van der Waals surface area contributed by atoms with Crippen LogP contribution in [0.15, 0.2) is 18.2 Å². The molecular formula is C20H33NO2. The van der Waals surface area contributed by atoms with Crippen LogP contribution < -0.4 is 5.73 Å². The van der Waals surface area contributed by atoms with Gasteiger partial charge in [0.1, 0.15) is 0 Å². The fourth-order valence-electron chi connectivity index (χ4n) is 3.65. The number of benzene rings is 1. The van der Waals surface area contributed by atoms with Gasteiger partial charge in [0.15, 0.2) is 0 Å². The van der Waals surface area contributed by atoms with E-state index in [9.17, 15) is 10.2 Å². The van der Waals surface area contributed by atoms with Crippen LogP contribution in [0.2, 0.25) is 0 Å². The van der Waals surface area contributed by atoms with E-state index in [-0.39, 0.29) is 19.1 Å². The van der Waals surface area contributed by atoms with E-state index in [2.05, 4.69) is 25.1 Å². The molecule has 1 atom stereocenters. The van der Waals surface area contributed by atoms with Gasteiger partial charge < -0.3 is 15.9 Å². The molecule has 0 unspecified atom stereocenters. The van der Waals surface area contributed by atoms with Crippen LogP contribution in [0.25, 0.3) is 0 Å². The number of fused-ring (bicyclic) bond motifs is 1. The first-order chi connectivity index (χ1) is 11.1. The van der Waals surface area contributed by atoms with E-state index in [1.807, 2.05) is 0 Å². The number of aliphatic hydroxyl groups excluding tert-OH is 2. The zero-order valence-corrected chi connectivity index (χ0v) is 14.6. The minimum Gasteiger partial charge on any atom is -0.394 e. The Labute approximate surface area is 140 Å². The largest absolute Gasteiger partial charge is 0.394 e. The maximum atomic E-state index is 9.50. The van der Waals surface area contributed by atoms with Gasteiger partial charge in [-0.2, -0.15) is 0 Å². The average molecular weight is 319 g/mol. The Morgan fingerprint density at radius 3 is 2.35 bits per heavy atom. The maximum Gasteiger partial charge on any atom is 0.0658 e. The first-order valence-corrected chi connectivity index (χ1v) is 9.24. The molecule has 2 rings (SSSR count). The van der Waals surface area contributed by atoms with Crippen molar-refractivity contribution in [1.82, 2.24) is 0 Å². The highest BCUT2D eigenvalue weighted by atomic mass is 16.3. The molecule has 4 N–H and O–H groups in total. The molecule has 1 aromatic rings. The van der Waals surface area contributed by atoms with Gasteiger partial charge in [-0.15, -0.1) is 0 Å². The Kier molecular flexibility index (Phi) is 7.07. The molecule has 0 radical (unpaired) electrons. The van der Waals surface area contributed by atoms with E-state index in [0.717, 1.165) is 19.3 Å². The summed E-state index contributed by atoms with van der Waals surface area (Å²) >= 11 is 0. The van der Waals surface area contributed by atoms with Crippen molar-refractivity contribution in [2.24, 2.45) is 11.7 Å². The third-order valence-corrected chi connectivity index (χ3v) is 5.42. The molecule has 0 heterocycles. The molecule has 0 spiro atoms. The molecule has 23 heavy (non-hydrogen) atoms. The molecular weight excluding hydrogens is 286 g/mol. The van der Waals surface area contributed by atoms with Crippen molar-refractivity contribution in [3.63, 3.8) is 0 Å². The highest BCUT2D eigenvalue weighted by Gasteiger charge is 2.37. The van der Waals surface area contributed by atoms with Crippen molar-refractivity contribution in [2.45, 2.75) is 70.3 Å². The molecule has 0 saturated carbocycles. The van der Waals surface area contributed by atoms with E-state index < -0.39 is 5.54 Å². The van der Waals surface area contributed by atoms with Gasteiger partial charge in [0.2, 0.25) is 0 Å². The van der Waals surface area contributed by atoms with Crippen molar-refractivity contribution in [3.05, 3.63) is 34.9 Å². The summed E-state index contributed by atoms with van der Waals surface area (Å²) in [6.45, 7) is 1.93. The molecule has 1 aromatic carbocycles. The second kappa shape index (κ2) is 8.81. The average Bonchev–Trinajstić information content (AvgIpc) is 3.01. The summed E-state index contributed by atoms with van der Waals surface area (Å²) in [5.41, 5.74) is 9.40. The number of hydrogen-bond acceptors (Lipinski definition) is 3. The van der Waals surface area contributed by atoms with Gasteiger partial charge in [-0.05, 0) is 48.3 Å². The van der Waals surface area contributed by atoms with E-state index in [4.69, 9.17) is 5.73 Å². The SMILES string of the molecule is CCCCCCCCc1ccc2c(c1)C[C@H](C(N)(CO)CO)C2. The van der Waals surface area contributed by atoms with Crippen molar-refractivity contribution >= 4 is 0 Å². The lowest BCUT2D eigenvalue weighted by Crippen LogP contribution is -2.54. The zero-order chi connectivity index (χ0) is 16.7. The summed E-state index contributed by atoms with van der Waals surface area (Å²) in [5.74, 6) is 0.136. The summed E-state index contributed by atoms with van der Waals surface area (Å²) < 4.78 is 0.